The summed E-state index contributed by atoms with van der Waals surface area (Å²) >= 11 is 1.88. The zero-order valence-electron chi connectivity index (χ0n) is 4.26. The first kappa shape index (κ1) is 6.60. The van der Waals surface area contributed by atoms with E-state index < -0.39 is 5.97 Å². The van der Waals surface area contributed by atoms with E-state index in [2.05, 4.69) is 4.42 Å². The summed E-state index contributed by atoms with van der Waals surface area (Å²) in [5.74, 6) is -1.41. The highest BCUT2D eigenvalue weighted by Crippen LogP contribution is 2.08. The Morgan fingerprint density at radius 2 is 2.33 bits per heavy atom. The lowest BCUT2D eigenvalue weighted by Crippen LogP contribution is -2.21. The molecule has 0 aliphatic rings. The fraction of sp³-hybridized carbons (Fsp3) is 0. The smallest absolute Gasteiger partial charge is 0.164 e. The standard InChI is InChI=1S/C5H3IO3/c6-4-2-1-3(9-4)5(7)8/h1-2H,(H,7,8)/p-1. The zero-order chi connectivity index (χ0) is 6.85. The summed E-state index contributed by atoms with van der Waals surface area (Å²) in [7, 11) is 0. The van der Waals surface area contributed by atoms with Gasteiger partial charge in [0.05, 0.1) is 0 Å². The van der Waals surface area contributed by atoms with Crippen molar-refractivity contribution in [1.29, 1.82) is 0 Å². The number of carboxylic acids is 1. The molecule has 48 valence electrons. The van der Waals surface area contributed by atoms with Gasteiger partial charge in [-0.1, -0.05) is 0 Å². The Morgan fingerprint density at radius 3 is 2.56 bits per heavy atom. The van der Waals surface area contributed by atoms with Crippen LogP contribution in [0.2, 0.25) is 0 Å². The Labute approximate surface area is 64.8 Å². The molecule has 0 amide bonds. The summed E-state index contributed by atoms with van der Waals surface area (Å²) in [5.41, 5.74) is 0. The monoisotopic (exact) mass is 237 g/mol. The number of halogens is 1. The Morgan fingerprint density at radius 1 is 1.67 bits per heavy atom. The van der Waals surface area contributed by atoms with Gasteiger partial charge in [-0.15, -0.1) is 0 Å². The van der Waals surface area contributed by atoms with E-state index in [1.165, 1.54) is 6.07 Å². The zero-order valence-corrected chi connectivity index (χ0v) is 6.41. The molecule has 9 heavy (non-hydrogen) atoms. The van der Waals surface area contributed by atoms with Gasteiger partial charge in [-0.25, -0.2) is 0 Å². The minimum absolute atomic E-state index is 0.126. The van der Waals surface area contributed by atoms with Crippen molar-refractivity contribution in [2.75, 3.05) is 0 Å². The molecule has 1 aromatic heterocycles. The quantitative estimate of drug-likeness (QED) is 0.657. The molecule has 1 rings (SSSR count). The first-order chi connectivity index (χ1) is 4.20. The number of carboxylic acid groups (broad SMARTS) is 1. The van der Waals surface area contributed by atoms with E-state index in [1.54, 1.807) is 6.07 Å². The molecule has 0 fully saturated rings. The Kier molecular flexibility index (Phi) is 1.75. The third-order valence-electron chi connectivity index (χ3n) is 0.774. The van der Waals surface area contributed by atoms with E-state index in [0.717, 1.165) is 0 Å². The van der Waals surface area contributed by atoms with Crippen LogP contribution in [0.1, 0.15) is 10.6 Å². The maximum Gasteiger partial charge on any atom is 0.164 e. The summed E-state index contributed by atoms with van der Waals surface area (Å²) in [6.07, 6.45) is 0. The van der Waals surface area contributed by atoms with Crippen LogP contribution in [0.3, 0.4) is 0 Å². The predicted molar refractivity (Wildman–Crippen MR) is 35.8 cm³/mol. The fourth-order valence-corrected chi connectivity index (χ4v) is 0.841. The third-order valence-corrected chi connectivity index (χ3v) is 1.35. The largest absolute Gasteiger partial charge is 0.542 e. The lowest BCUT2D eigenvalue weighted by atomic mass is 10.5. The molecule has 0 saturated carbocycles. The van der Waals surface area contributed by atoms with Gasteiger partial charge in [0.15, 0.2) is 9.53 Å². The van der Waals surface area contributed by atoms with E-state index in [4.69, 9.17) is 0 Å². The van der Waals surface area contributed by atoms with Gasteiger partial charge >= 0.3 is 0 Å². The minimum atomic E-state index is -1.28. The molecular weight excluding hydrogens is 235 g/mol. The van der Waals surface area contributed by atoms with E-state index >= 15 is 0 Å². The molecule has 1 heterocycles. The van der Waals surface area contributed by atoms with Gasteiger partial charge in [-0.2, -0.15) is 0 Å². The molecule has 0 atom stereocenters. The van der Waals surface area contributed by atoms with Gasteiger partial charge in [-0.05, 0) is 34.7 Å². The lowest BCUT2D eigenvalue weighted by Gasteiger charge is -1.91. The molecule has 0 aliphatic carbocycles. The van der Waals surface area contributed by atoms with Crippen LogP contribution in [-0.4, -0.2) is 5.97 Å². The van der Waals surface area contributed by atoms with Gasteiger partial charge in [0.2, 0.25) is 0 Å². The van der Waals surface area contributed by atoms with Crippen molar-refractivity contribution in [3.05, 3.63) is 21.7 Å². The van der Waals surface area contributed by atoms with Gasteiger partial charge in [0.25, 0.3) is 0 Å². The highest BCUT2D eigenvalue weighted by atomic mass is 127. The molecular formula is C5H2IO3-. The van der Waals surface area contributed by atoms with Crippen LogP contribution in [0.15, 0.2) is 16.5 Å². The SMILES string of the molecule is O=C([O-])c1ccc(I)o1. The van der Waals surface area contributed by atoms with Crippen molar-refractivity contribution in [1.82, 2.24) is 0 Å². The van der Waals surface area contributed by atoms with E-state index in [-0.39, 0.29) is 5.76 Å². The number of carbonyl (C=O) groups excluding carboxylic acids is 1. The summed E-state index contributed by atoms with van der Waals surface area (Å²) in [6, 6.07) is 2.92. The van der Waals surface area contributed by atoms with E-state index in [1.807, 2.05) is 22.6 Å². The topological polar surface area (TPSA) is 53.3 Å². The van der Waals surface area contributed by atoms with Crippen molar-refractivity contribution in [2.45, 2.75) is 0 Å². The average Bonchev–Trinajstić information content (AvgIpc) is 2.14. The normalized spacial score (nSPS) is 9.44. The molecule has 3 nitrogen and oxygen atoms in total. The molecule has 0 N–H and O–H groups in total. The second kappa shape index (κ2) is 2.38. The van der Waals surface area contributed by atoms with Crippen LogP contribution in [0, 0.1) is 3.77 Å². The second-order valence-electron chi connectivity index (χ2n) is 1.39. The third kappa shape index (κ3) is 1.44. The maximum absolute atomic E-state index is 10.0. The van der Waals surface area contributed by atoms with Crippen molar-refractivity contribution < 1.29 is 14.3 Å². The lowest BCUT2D eigenvalue weighted by molar-refractivity contribution is -0.257. The summed E-state index contributed by atoms with van der Waals surface area (Å²) < 4.78 is 5.22. The van der Waals surface area contributed by atoms with Gasteiger partial charge in [-0.3, -0.25) is 0 Å². The highest BCUT2D eigenvalue weighted by molar-refractivity contribution is 14.1. The Balaban J connectivity index is 2.98. The van der Waals surface area contributed by atoms with E-state index in [9.17, 15) is 9.90 Å². The molecule has 0 spiro atoms. The maximum atomic E-state index is 10.0. The summed E-state index contributed by atoms with van der Waals surface area (Å²) in [5, 5.41) is 10.0. The predicted octanol–water partition coefficient (Wildman–Crippen LogP) is 0.248. The molecule has 0 unspecified atom stereocenters. The second-order valence-corrected chi connectivity index (χ2v) is 2.45. The van der Waals surface area contributed by atoms with Crippen molar-refractivity contribution in [3.8, 4) is 0 Å². The van der Waals surface area contributed by atoms with Crippen LogP contribution >= 0.6 is 22.6 Å². The first-order valence-corrected chi connectivity index (χ1v) is 3.24. The molecule has 0 aliphatic heterocycles. The van der Waals surface area contributed by atoms with Crippen molar-refractivity contribution in [3.63, 3.8) is 0 Å². The number of hydrogen-bond donors (Lipinski definition) is 0. The molecule has 1 aromatic rings. The van der Waals surface area contributed by atoms with Crippen LogP contribution in [0.4, 0.5) is 0 Å². The van der Waals surface area contributed by atoms with Crippen LogP contribution in [0.5, 0.6) is 0 Å². The molecule has 0 bridgehead atoms. The molecule has 0 aromatic carbocycles. The van der Waals surface area contributed by atoms with Gasteiger partial charge in [0, 0.05) is 0 Å². The first-order valence-electron chi connectivity index (χ1n) is 2.17. The van der Waals surface area contributed by atoms with Crippen LogP contribution in [-0.2, 0) is 0 Å². The summed E-state index contributed by atoms with van der Waals surface area (Å²) in [4.78, 5) is 10.0. The number of rotatable bonds is 1. The summed E-state index contributed by atoms with van der Waals surface area (Å²) in [6.45, 7) is 0. The van der Waals surface area contributed by atoms with Crippen LogP contribution in [0.25, 0.3) is 0 Å². The number of furan rings is 1. The molecule has 0 radical (unpaired) electrons. The number of hydrogen-bond acceptors (Lipinski definition) is 3. The average molecular weight is 237 g/mol. The van der Waals surface area contributed by atoms with E-state index in [0.29, 0.717) is 3.77 Å². The molecule has 4 heteroatoms. The van der Waals surface area contributed by atoms with Crippen molar-refractivity contribution >= 4 is 28.6 Å². The van der Waals surface area contributed by atoms with Crippen LogP contribution < -0.4 is 5.11 Å². The van der Waals surface area contributed by atoms with Gasteiger partial charge < -0.3 is 14.3 Å². The van der Waals surface area contributed by atoms with Crippen molar-refractivity contribution in [2.24, 2.45) is 0 Å². The number of aromatic carboxylic acids is 1. The Hall–Kier alpha value is -0.520. The highest BCUT2D eigenvalue weighted by Gasteiger charge is 1.97. The van der Waals surface area contributed by atoms with Gasteiger partial charge in [0.1, 0.15) is 5.97 Å². The number of carbonyl (C=O) groups is 1. The fourth-order valence-electron chi connectivity index (χ4n) is 0.424. The Bertz CT molecular complexity index is 228. The molecule has 0 saturated heterocycles. The minimum Gasteiger partial charge on any atom is -0.542 e.